The van der Waals surface area contributed by atoms with Crippen molar-refractivity contribution in [3.63, 3.8) is 0 Å². The lowest BCUT2D eigenvalue weighted by atomic mass is 9.84. The molecule has 0 aromatic heterocycles. The van der Waals surface area contributed by atoms with Crippen LogP contribution in [0.2, 0.25) is 0 Å². The number of nitrogens with zero attached hydrogens (tertiary/aromatic N) is 1. The van der Waals surface area contributed by atoms with Crippen molar-refractivity contribution in [1.29, 1.82) is 0 Å². The van der Waals surface area contributed by atoms with Gasteiger partial charge in [-0.3, -0.25) is 0 Å². The summed E-state index contributed by atoms with van der Waals surface area (Å²) in [5.74, 6) is 0. The largest absolute Gasteiger partial charge is 0.351 e. The number of urea groups is 1. The van der Waals surface area contributed by atoms with Gasteiger partial charge in [0.2, 0.25) is 0 Å². The van der Waals surface area contributed by atoms with Gasteiger partial charge in [-0.05, 0) is 38.8 Å². The minimum absolute atomic E-state index is 0.428. The molecule has 0 bridgehead atoms. The van der Waals surface area contributed by atoms with Crippen LogP contribution in [0.15, 0.2) is 60.7 Å². The Morgan fingerprint density at radius 3 is 1.36 bits per heavy atom. The van der Waals surface area contributed by atoms with Crippen molar-refractivity contribution in [1.82, 2.24) is 4.90 Å². The van der Waals surface area contributed by atoms with Crippen molar-refractivity contribution >= 4 is 6.03 Å². The molecule has 2 aromatic rings. The molecule has 2 rings (SSSR count). The lowest BCUT2D eigenvalue weighted by molar-refractivity contribution is 0.0549. The number of primary amides is 1. The molecular weight excluding hydrogens is 272 g/mol. The summed E-state index contributed by atoms with van der Waals surface area (Å²) < 4.78 is 0. The summed E-state index contributed by atoms with van der Waals surface area (Å²) in [6.07, 6.45) is 0. The Morgan fingerprint density at radius 2 is 1.09 bits per heavy atom. The van der Waals surface area contributed by atoms with Crippen LogP contribution >= 0.6 is 0 Å². The van der Waals surface area contributed by atoms with E-state index in [1.807, 2.05) is 88.4 Å². The first-order chi connectivity index (χ1) is 10.3. The third-order valence-electron chi connectivity index (χ3n) is 4.30. The van der Waals surface area contributed by atoms with Gasteiger partial charge in [-0.25, -0.2) is 4.79 Å². The Balaban J connectivity index is 2.53. The van der Waals surface area contributed by atoms with Gasteiger partial charge in [-0.1, -0.05) is 60.7 Å². The summed E-state index contributed by atoms with van der Waals surface area (Å²) in [5.41, 5.74) is 6.83. The first-order valence-electron chi connectivity index (χ1n) is 7.48. The van der Waals surface area contributed by atoms with Gasteiger partial charge in [0, 0.05) is 0 Å². The van der Waals surface area contributed by atoms with E-state index in [4.69, 9.17) is 5.73 Å². The summed E-state index contributed by atoms with van der Waals surface area (Å²) in [7, 11) is 0. The van der Waals surface area contributed by atoms with Crippen LogP contribution in [0.1, 0.15) is 38.8 Å². The minimum Gasteiger partial charge on any atom is -0.351 e. The number of nitrogens with two attached hydrogens (primary N) is 1. The maximum absolute atomic E-state index is 12.3. The van der Waals surface area contributed by atoms with Gasteiger partial charge in [0.1, 0.15) is 0 Å². The number of hydrogen-bond donors (Lipinski definition) is 1. The molecule has 0 unspecified atom stereocenters. The Morgan fingerprint density at radius 1 is 0.773 bits per heavy atom. The van der Waals surface area contributed by atoms with Gasteiger partial charge < -0.3 is 10.6 Å². The predicted octanol–water partition coefficient (Wildman–Crippen LogP) is 4.24. The van der Waals surface area contributed by atoms with Crippen LogP contribution in [0.3, 0.4) is 0 Å². The Kier molecular flexibility index (Phi) is 4.27. The molecular formula is C19H24N2O. The van der Waals surface area contributed by atoms with Gasteiger partial charge in [-0.15, -0.1) is 0 Å². The third-order valence-corrected chi connectivity index (χ3v) is 4.30. The van der Waals surface area contributed by atoms with Crippen molar-refractivity contribution in [2.75, 3.05) is 0 Å². The van der Waals surface area contributed by atoms with E-state index in [1.54, 1.807) is 4.90 Å². The van der Waals surface area contributed by atoms with E-state index < -0.39 is 17.1 Å². The lowest BCUT2D eigenvalue weighted by Crippen LogP contribution is -2.57. The predicted molar refractivity (Wildman–Crippen MR) is 90.4 cm³/mol. The van der Waals surface area contributed by atoms with Crippen LogP contribution in [0.5, 0.6) is 0 Å². The molecule has 0 radical (unpaired) electrons. The van der Waals surface area contributed by atoms with Crippen molar-refractivity contribution in [2.45, 2.75) is 38.8 Å². The molecule has 22 heavy (non-hydrogen) atoms. The van der Waals surface area contributed by atoms with Crippen LogP contribution in [0, 0.1) is 0 Å². The number of carbonyl (C=O) groups excluding carboxylic acids is 1. The zero-order valence-corrected chi connectivity index (χ0v) is 13.7. The highest BCUT2D eigenvalue weighted by atomic mass is 16.2. The zero-order chi connectivity index (χ0) is 16.4. The van der Waals surface area contributed by atoms with E-state index in [-0.39, 0.29) is 0 Å². The van der Waals surface area contributed by atoms with Gasteiger partial charge in [0.15, 0.2) is 0 Å². The SMILES string of the molecule is CC(C)(c1ccccc1)N(C(N)=O)C(C)(C)c1ccccc1. The second-order valence-electron chi connectivity index (χ2n) is 6.52. The molecule has 0 spiro atoms. The molecule has 0 fully saturated rings. The highest BCUT2D eigenvalue weighted by Crippen LogP contribution is 2.38. The van der Waals surface area contributed by atoms with E-state index in [1.165, 1.54) is 0 Å². The van der Waals surface area contributed by atoms with Gasteiger partial charge >= 0.3 is 6.03 Å². The van der Waals surface area contributed by atoms with Gasteiger partial charge in [-0.2, -0.15) is 0 Å². The molecule has 2 amide bonds. The Labute approximate surface area is 132 Å². The number of hydrogen-bond acceptors (Lipinski definition) is 1. The van der Waals surface area contributed by atoms with E-state index in [2.05, 4.69) is 0 Å². The summed E-state index contributed by atoms with van der Waals surface area (Å²) in [6.45, 7) is 8.10. The Hall–Kier alpha value is -2.29. The molecule has 0 saturated heterocycles. The summed E-state index contributed by atoms with van der Waals surface area (Å²) >= 11 is 0. The summed E-state index contributed by atoms with van der Waals surface area (Å²) in [4.78, 5) is 14.0. The van der Waals surface area contributed by atoms with Crippen LogP contribution in [0.25, 0.3) is 0 Å². The maximum Gasteiger partial charge on any atom is 0.316 e. The van der Waals surface area contributed by atoms with E-state index in [9.17, 15) is 4.79 Å². The second-order valence-corrected chi connectivity index (χ2v) is 6.52. The van der Waals surface area contributed by atoms with Crippen LogP contribution in [0.4, 0.5) is 4.79 Å². The molecule has 3 heteroatoms. The van der Waals surface area contributed by atoms with E-state index in [0.717, 1.165) is 11.1 Å². The molecule has 3 nitrogen and oxygen atoms in total. The van der Waals surface area contributed by atoms with E-state index in [0.29, 0.717) is 0 Å². The van der Waals surface area contributed by atoms with Crippen molar-refractivity contribution < 1.29 is 4.79 Å². The van der Waals surface area contributed by atoms with Crippen molar-refractivity contribution in [2.24, 2.45) is 5.73 Å². The van der Waals surface area contributed by atoms with E-state index >= 15 is 0 Å². The standard InChI is InChI=1S/C19H24N2O/c1-18(2,15-11-7-5-8-12-15)21(17(20)22)19(3,4)16-13-9-6-10-14-16/h5-14H,1-4H3,(H2,20,22). The highest BCUT2D eigenvalue weighted by molar-refractivity contribution is 5.74. The monoisotopic (exact) mass is 296 g/mol. The maximum atomic E-state index is 12.3. The minimum atomic E-state index is -0.521. The average Bonchev–Trinajstić information content (AvgIpc) is 2.48. The quantitative estimate of drug-likeness (QED) is 0.901. The zero-order valence-electron chi connectivity index (χ0n) is 13.7. The van der Waals surface area contributed by atoms with Crippen LogP contribution in [-0.4, -0.2) is 10.9 Å². The Bertz CT molecular complexity index is 581. The molecule has 116 valence electrons. The molecule has 0 heterocycles. The number of rotatable bonds is 4. The number of amides is 2. The molecule has 2 N–H and O–H groups in total. The summed E-state index contributed by atoms with van der Waals surface area (Å²) in [6, 6.07) is 19.5. The molecule has 0 aliphatic heterocycles. The molecule has 2 aromatic carbocycles. The third kappa shape index (κ3) is 2.84. The normalized spacial score (nSPS) is 12.0. The summed E-state index contributed by atoms with van der Waals surface area (Å²) in [5, 5.41) is 0. The van der Waals surface area contributed by atoms with Crippen molar-refractivity contribution in [3.05, 3.63) is 71.8 Å². The number of carbonyl (C=O) groups is 1. The topological polar surface area (TPSA) is 46.3 Å². The molecule has 0 saturated carbocycles. The fourth-order valence-electron chi connectivity index (χ4n) is 3.20. The molecule has 0 atom stereocenters. The van der Waals surface area contributed by atoms with Crippen LogP contribution in [-0.2, 0) is 11.1 Å². The first-order valence-corrected chi connectivity index (χ1v) is 7.48. The number of benzene rings is 2. The second kappa shape index (κ2) is 5.84. The molecule has 0 aliphatic carbocycles. The van der Waals surface area contributed by atoms with Crippen LogP contribution < -0.4 is 5.73 Å². The van der Waals surface area contributed by atoms with Gasteiger partial charge in [0.05, 0.1) is 11.1 Å². The molecule has 0 aliphatic rings. The smallest absolute Gasteiger partial charge is 0.316 e. The average molecular weight is 296 g/mol. The first kappa shape index (κ1) is 16.1. The lowest BCUT2D eigenvalue weighted by Gasteiger charge is -2.48. The fraction of sp³-hybridized carbons (Fsp3) is 0.316. The van der Waals surface area contributed by atoms with Crippen molar-refractivity contribution in [3.8, 4) is 0 Å². The highest BCUT2D eigenvalue weighted by Gasteiger charge is 2.42. The fourth-order valence-corrected chi connectivity index (χ4v) is 3.20. The van der Waals surface area contributed by atoms with Gasteiger partial charge in [0.25, 0.3) is 0 Å².